The van der Waals surface area contributed by atoms with E-state index in [1.54, 1.807) is 0 Å². The molecule has 0 atom stereocenters. The minimum atomic E-state index is -0.751. The maximum absolute atomic E-state index is 10.8. The van der Waals surface area contributed by atoms with Crippen LogP contribution in [0.4, 0.5) is 0 Å². The van der Waals surface area contributed by atoms with Gasteiger partial charge < -0.3 is 4.74 Å². The molecule has 0 aliphatic heterocycles. The number of carbonyl (C=O) groups excluding carboxylic acids is 3. The maximum Gasteiger partial charge on any atom is 0.338 e. The second kappa shape index (κ2) is 5.01. The first-order chi connectivity index (χ1) is 5.71. The normalized spacial score (nSPS) is 8.08. The quantitative estimate of drug-likeness (QED) is 0.148. The lowest BCUT2D eigenvalue weighted by Crippen LogP contribution is -2.07. The molecule has 64 valence electrons. The van der Waals surface area contributed by atoms with Crippen LogP contribution in [0.15, 0.2) is 23.8 Å². The molecule has 0 rings (SSSR count). The lowest BCUT2D eigenvalue weighted by Gasteiger charge is -1.98. The van der Waals surface area contributed by atoms with Gasteiger partial charge in [0.2, 0.25) is 0 Å². The van der Waals surface area contributed by atoms with E-state index in [1.165, 1.54) is 0 Å². The van der Waals surface area contributed by atoms with Gasteiger partial charge >= 0.3 is 5.97 Å². The molecule has 0 spiro atoms. The molecule has 0 unspecified atom stereocenters. The smallest absolute Gasteiger partial charge is 0.338 e. The predicted molar refractivity (Wildman–Crippen MR) is 41.4 cm³/mol. The van der Waals surface area contributed by atoms with Crippen LogP contribution in [0.3, 0.4) is 0 Å². The Morgan fingerprint density at radius 2 is 1.83 bits per heavy atom. The van der Waals surface area contributed by atoms with Crippen molar-refractivity contribution in [2.24, 2.45) is 0 Å². The molecule has 0 saturated carbocycles. The Hall–Kier alpha value is -1.71. The summed E-state index contributed by atoms with van der Waals surface area (Å²) in [7, 11) is 1.15. The van der Waals surface area contributed by atoms with Crippen LogP contribution in [0.1, 0.15) is 0 Å². The summed E-state index contributed by atoms with van der Waals surface area (Å²) in [6, 6.07) is 0. The second-order valence-corrected chi connectivity index (χ2v) is 1.80. The van der Waals surface area contributed by atoms with Gasteiger partial charge in [-0.05, 0) is 0 Å². The summed E-state index contributed by atoms with van der Waals surface area (Å²) in [5.74, 6) is -0.751. The largest absolute Gasteiger partial charge is 0.465 e. The van der Waals surface area contributed by atoms with Crippen LogP contribution >= 0.6 is 0 Å². The summed E-state index contributed by atoms with van der Waals surface area (Å²) >= 11 is 0. The van der Waals surface area contributed by atoms with Gasteiger partial charge in [-0.15, -0.1) is 0 Å². The zero-order chi connectivity index (χ0) is 9.56. The zero-order valence-electron chi connectivity index (χ0n) is 6.57. The standard InChI is InChI=1S/C8H8O4/c1-3-7(8(11)12-2)6(4-9)5-10/h3-5H,1H2,2H3. The Morgan fingerprint density at radius 1 is 1.33 bits per heavy atom. The fraction of sp³-hybridized carbons (Fsp3) is 0.125. The number of hydrogen-bond donors (Lipinski definition) is 0. The van der Waals surface area contributed by atoms with Crippen molar-refractivity contribution in [3.63, 3.8) is 0 Å². The van der Waals surface area contributed by atoms with Gasteiger partial charge in [-0.25, -0.2) is 4.79 Å². The molecule has 0 heterocycles. The van der Waals surface area contributed by atoms with Gasteiger partial charge in [-0.3, -0.25) is 9.59 Å². The van der Waals surface area contributed by atoms with Crippen LogP contribution in [0.5, 0.6) is 0 Å². The van der Waals surface area contributed by atoms with Crippen molar-refractivity contribution in [3.05, 3.63) is 23.8 Å². The van der Waals surface area contributed by atoms with Crippen molar-refractivity contribution in [2.45, 2.75) is 0 Å². The Balaban J connectivity index is 5.07. The molecule has 0 amide bonds. The maximum atomic E-state index is 10.8. The van der Waals surface area contributed by atoms with E-state index in [2.05, 4.69) is 11.3 Å². The van der Waals surface area contributed by atoms with Crippen molar-refractivity contribution in [2.75, 3.05) is 7.11 Å². The van der Waals surface area contributed by atoms with Crippen molar-refractivity contribution in [3.8, 4) is 0 Å². The molecule has 0 aliphatic rings. The number of aldehydes is 2. The average molecular weight is 168 g/mol. The first-order valence-corrected chi connectivity index (χ1v) is 3.06. The van der Waals surface area contributed by atoms with Gasteiger partial charge in [-0.1, -0.05) is 12.7 Å². The van der Waals surface area contributed by atoms with Crippen molar-refractivity contribution in [1.29, 1.82) is 0 Å². The number of carbonyl (C=O) groups is 3. The van der Waals surface area contributed by atoms with Crippen molar-refractivity contribution >= 4 is 18.5 Å². The molecule has 0 bridgehead atoms. The van der Waals surface area contributed by atoms with E-state index in [0.29, 0.717) is 0 Å². The van der Waals surface area contributed by atoms with Crippen LogP contribution in [0.2, 0.25) is 0 Å². The highest BCUT2D eigenvalue weighted by atomic mass is 16.5. The molecule has 0 N–H and O–H groups in total. The third-order valence-electron chi connectivity index (χ3n) is 1.17. The molecule has 0 aromatic heterocycles. The monoisotopic (exact) mass is 168 g/mol. The van der Waals surface area contributed by atoms with Crippen LogP contribution in [-0.2, 0) is 19.1 Å². The molecule has 0 aromatic carbocycles. The second-order valence-electron chi connectivity index (χ2n) is 1.80. The first-order valence-electron chi connectivity index (χ1n) is 3.06. The summed E-state index contributed by atoms with van der Waals surface area (Å²) in [6.45, 7) is 3.27. The Morgan fingerprint density at radius 3 is 2.08 bits per heavy atom. The highest BCUT2D eigenvalue weighted by molar-refractivity contribution is 6.09. The molecule has 0 aromatic rings. The number of methoxy groups -OCH3 is 1. The minimum absolute atomic E-state index is 0.123. The molecular formula is C8H8O4. The third kappa shape index (κ3) is 2.16. The lowest BCUT2D eigenvalue weighted by molar-refractivity contribution is -0.136. The fourth-order valence-corrected chi connectivity index (χ4v) is 0.584. The topological polar surface area (TPSA) is 60.4 Å². The predicted octanol–water partition coefficient (Wildman–Crippen LogP) is 0.0398. The van der Waals surface area contributed by atoms with Crippen molar-refractivity contribution in [1.82, 2.24) is 0 Å². The van der Waals surface area contributed by atoms with E-state index in [0.717, 1.165) is 13.2 Å². The van der Waals surface area contributed by atoms with Crippen LogP contribution < -0.4 is 0 Å². The zero-order valence-corrected chi connectivity index (χ0v) is 6.57. The third-order valence-corrected chi connectivity index (χ3v) is 1.17. The average Bonchev–Trinajstić information content (AvgIpc) is 2.12. The number of ether oxygens (including phenoxy) is 1. The molecule has 0 fully saturated rings. The van der Waals surface area contributed by atoms with Gasteiger partial charge in [0.25, 0.3) is 0 Å². The van der Waals surface area contributed by atoms with Gasteiger partial charge in [0.15, 0.2) is 12.6 Å². The number of rotatable bonds is 4. The molecule has 4 heteroatoms. The molecule has 12 heavy (non-hydrogen) atoms. The molecule has 0 radical (unpaired) electrons. The van der Waals surface area contributed by atoms with Crippen LogP contribution in [0, 0.1) is 0 Å². The van der Waals surface area contributed by atoms with Gasteiger partial charge in [0.05, 0.1) is 18.3 Å². The lowest BCUT2D eigenvalue weighted by atomic mass is 10.1. The van der Waals surface area contributed by atoms with E-state index in [1.807, 2.05) is 0 Å². The Labute approximate surface area is 69.5 Å². The van der Waals surface area contributed by atoms with Crippen LogP contribution in [-0.4, -0.2) is 25.7 Å². The van der Waals surface area contributed by atoms with Gasteiger partial charge in [0.1, 0.15) is 0 Å². The van der Waals surface area contributed by atoms with E-state index in [9.17, 15) is 14.4 Å². The van der Waals surface area contributed by atoms with Crippen molar-refractivity contribution < 1.29 is 19.1 Å². The summed E-state index contributed by atoms with van der Waals surface area (Å²) in [4.78, 5) is 31.3. The molecule has 0 saturated heterocycles. The van der Waals surface area contributed by atoms with E-state index < -0.39 is 5.97 Å². The van der Waals surface area contributed by atoms with Gasteiger partial charge in [-0.2, -0.15) is 0 Å². The summed E-state index contributed by atoms with van der Waals surface area (Å²) in [5.41, 5.74) is -0.389. The number of hydrogen-bond acceptors (Lipinski definition) is 4. The van der Waals surface area contributed by atoms with E-state index >= 15 is 0 Å². The van der Waals surface area contributed by atoms with E-state index in [4.69, 9.17) is 0 Å². The summed E-state index contributed by atoms with van der Waals surface area (Å²) in [6.07, 6.45) is 1.66. The van der Waals surface area contributed by atoms with Gasteiger partial charge in [0, 0.05) is 0 Å². The molecule has 4 nitrogen and oxygen atoms in total. The fourth-order valence-electron chi connectivity index (χ4n) is 0.584. The molecular weight excluding hydrogens is 160 g/mol. The first kappa shape index (κ1) is 10.3. The SMILES string of the molecule is C=CC(C(=O)OC)=C(C=O)C=O. The Kier molecular flexibility index (Phi) is 4.30. The van der Waals surface area contributed by atoms with Crippen LogP contribution in [0.25, 0.3) is 0 Å². The highest BCUT2D eigenvalue weighted by Crippen LogP contribution is 2.03. The van der Waals surface area contributed by atoms with E-state index in [-0.39, 0.29) is 23.7 Å². The number of allylic oxidation sites excluding steroid dienone is 1. The summed E-state index contributed by atoms with van der Waals surface area (Å²) < 4.78 is 4.30. The summed E-state index contributed by atoms with van der Waals surface area (Å²) in [5, 5.41) is 0. The minimum Gasteiger partial charge on any atom is -0.465 e. The molecule has 0 aliphatic carbocycles. The highest BCUT2D eigenvalue weighted by Gasteiger charge is 2.10. The Bertz CT molecular complexity index is 240. The number of esters is 1.